The molecule has 0 unspecified atom stereocenters. The first-order valence-electron chi connectivity index (χ1n) is 8.74. The van der Waals surface area contributed by atoms with Crippen molar-refractivity contribution in [3.05, 3.63) is 65.2 Å². The van der Waals surface area contributed by atoms with Gasteiger partial charge in [-0.25, -0.2) is 0 Å². The fourth-order valence-corrected chi connectivity index (χ4v) is 3.19. The van der Waals surface area contributed by atoms with Crippen molar-refractivity contribution >= 4 is 5.69 Å². The quantitative estimate of drug-likeness (QED) is 0.824. The summed E-state index contributed by atoms with van der Waals surface area (Å²) in [6, 6.07) is 18.1. The molecule has 2 aromatic rings. The number of rotatable bonds is 4. The van der Waals surface area contributed by atoms with Gasteiger partial charge in [-0.05, 0) is 36.1 Å². The molecule has 1 aliphatic rings. The van der Waals surface area contributed by atoms with Gasteiger partial charge in [-0.15, -0.1) is 0 Å². The molecule has 0 atom stereocenters. The molecule has 2 heteroatoms. The van der Waals surface area contributed by atoms with E-state index in [1.807, 2.05) is 0 Å². The first-order chi connectivity index (χ1) is 11.1. The van der Waals surface area contributed by atoms with E-state index in [-0.39, 0.29) is 0 Å². The van der Waals surface area contributed by atoms with Gasteiger partial charge in [-0.1, -0.05) is 55.8 Å². The summed E-state index contributed by atoms with van der Waals surface area (Å²) in [6.07, 6.45) is 0. The zero-order valence-electron chi connectivity index (χ0n) is 14.6. The number of piperazine rings is 1. The van der Waals surface area contributed by atoms with Gasteiger partial charge >= 0.3 is 0 Å². The minimum atomic E-state index is 0.613. The lowest BCUT2D eigenvalue weighted by molar-refractivity contribution is 0.250. The van der Waals surface area contributed by atoms with Gasteiger partial charge in [0.2, 0.25) is 0 Å². The van der Waals surface area contributed by atoms with Crippen LogP contribution in [0, 0.1) is 6.92 Å². The van der Waals surface area contributed by atoms with E-state index in [2.05, 4.69) is 79.1 Å². The van der Waals surface area contributed by atoms with Crippen LogP contribution < -0.4 is 4.90 Å². The van der Waals surface area contributed by atoms with Crippen LogP contribution in [-0.4, -0.2) is 31.1 Å². The highest BCUT2D eigenvalue weighted by Crippen LogP contribution is 2.19. The summed E-state index contributed by atoms with van der Waals surface area (Å²) in [6.45, 7) is 12.2. The number of hydrogen-bond acceptors (Lipinski definition) is 2. The Balaban J connectivity index is 1.53. The fraction of sp³-hybridized carbons (Fsp3) is 0.429. The fourth-order valence-electron chi connectivity index (χ4n) is 3.19. The van der Waals surface area contributed by atoms with Crippen molar-refractivity contribution in [2.75, 3.05) is 31.1 Å². The van der Waals surface area contributed by atoms with Crippen LogP contribution >= 0.6 is 0 Å². The van der Waals surface area contributed by atoms with Crippen molar-refractivity contribution in [3.8, 4) is 0 Å². The molecule has 0 spiro atoms. The molecule has 0 saturated carbocycles. The van der Waals surface area contributed by atoms with Crippen LogP contribution in [0.3, 0.4) is 0 Å². The predicted molar refractivity (Wildman–Crippen MR) is 99.2 cm³/mol. The minimum absolute atomic E-state index is 0.613. The molecular weight excluding hydrogens is 280 g/mol. The number of anilines is 1. The van der Waals surface area contributed by atoms with Gasteiger partial charge < -0.3 is 4.90 Å². The Morgan fingerprint density at radius 2 is 1.43 bits per heavy atom. The maximum absolute atomic E-state index is 2.56. The van der Waals surface area contributed by atoms with E-state index in [4.69, 9.17) is 0 Å². The smallest absolute Gasteiger partial charge is 0.0367 e. The SMILES string of the molecule is Cc1ccc(N2CCN(Cc3ccc(C(C)C)cc3)CC2)cc1. The summed E-state index contributed by atoms with van der Waals surface area (Å²) < 4.78 is 0. The highest BCUT2D eigenvalue weighted by molar-refractivity contribution is 5.47. The standard InChI is InChI=1S/C21H28N2/c1-17(2)20-8-6-19(7-9-20)16-22-12-14-23(15-13-22)21-10-4-18(3)5-11-21/h4-11,17H,12-16H2,1-3H3. The highest BCUT2D eigenvalue weighted by atomic mass is 15.3. The Morgan fingerprint density at radius 1 is 0.826 bits per heavy atom. The molecule has 23 heavy (non-hydrogen) atoms. The summed E-state index contributed by atoms with van der Waals surface area (Å²) in [5.41, 5.74) is 5.55. The molecular formula is C21H28N2. The molecule has 1 saturated heterocycles. The normalized spacial score (nSPS) is 16.1. The van der Waals surface area contributed by atoms with Crippen LogP contribution in [0.2, 0.25) is 0 Å². The second kappa shape index (κ2) is 7.18. The Hall–Kier alpha value is -1.80. The first-order valence-corrected chi connectivity index (χ1v) is 8.74. The van der Waals surface area contributed by atoms with E-state index >= 15 is 0 Å². The van der Waals surface area contributed by atoms with Gasteiger partial charge in [0.1, 0.15) is 0 Å². The van der Waals surface area contributed by atoms with E-state index in [0.29, 0.717) is 5.92 Å². The molecule has 2 nitrogen and oxygen atoms in total. The minimum Gasteiger partial charge on any atom is -0.369 e. The molecule has 0 N–H and O–H groups in total. The molecule has 0 aromatic heterocycles. The van der Waals surface area contributed by atoms with Gasteiger partial charge in [-0.3, -0.25) is 4.90 Å². The summed E-state index contributed by atoms with van der Waals surface area (Å²) in [5, 5.41) is 0. The van der Waals surface area contributed by atoms with Crippen LogP contribution in [0.4, 0.5) is 5.69 Å². The Labute approximate surface area is 140 Å². The van der Waals surface area contributed by atoms with Crippen molar-refractivity contribution in [2.24, 2.45) is 0 Å². The number of hydrogen-bond donors (Lipinski definition) is 0. The topological polar surface area (TPSA) is 6.48 Å². The molecule has 1 aliphatic heterocycles. The van der Waals surface area contributed by atoms with Crippen LogP contribution in [0.1, 0.15) is 36.5 Å². The Kier molecular flexibility index (Phi) is 5.02. The second-order valence-corrected chi connectivity index (χ2v) is 7.00. The molecule has 0 bridgehead atoms. The van der Waals surface area contributed by atoms with Crippen molar-refractivity contribution in [2.45, 2.75) is 33.2 Å². The molecule has 0 aliphatic carbocycles. The van der Waals surface area contributed by atoms with Crippen LogP contribution in [0.5, 0.6) is 0 Å². The van der Waals surface area contributed by atoms with Gasteiger partial charge in [0.05, 0.1) is 0 Å². The molecule has 1 fully saturated rings. The summed E-state index contributed by atoms with van der Waals surface area (Å²) in [5.74, 6) is 0.613. The summed E-state index contributed by atoms with van der Waals surface area (Å²) in [7, 11) is 0. The average molecular weight is 308 g/mol. The van der Waals surface area contributed by atoms with E-state index in [9.17, 15) is 0 Å². The zero-order valence-corrected chi connectivity index (χ0v) is 14.6. The van der Waals surface area contributed by atoms with Crippen LogP contribution in [-0.2, 0) is 6.54 Å². The largest absolute Gasteiger partial charge is 0.369 e. The monoisotopic (exact) mass is 308 g/mol. The molecule has 2 aromatic carbocycles. The van der Waals surface area contributed by atoms with E-state index < -0.39 is 0 Å². The van der Waals surface area contributed by atoms with Crippen LogP contribution in [0.25, 0.3) is 0 Å². The van der Waals surface area contributed by atoms with Crippen molar-refractivity contribution in [1.82, 2.24) is 4.90 Å². The van der Waals surface area contributed by atoms with Gasteiger partial charge in [0, 0.05) is 38.4 Å². The number of benzene rings is 2. The Bertz CT molecular complexity index is 605. The van der Waals surface area contributed by atoms with Gasteiger partial charge in [0.15, 0.2) is 0 Å². The van der Waals surface area contributed by atoms with Crippen molar-refractivity contribution in [3.63, 3.8) is 0 Å². The maximum Gasteiger partial charge on any atom is 0.0367 e. The molecule has 3 rings (SSSR count). The van der Waals surface area contributed by atoms with Crippen LogP contribution in [0.15, 0.2) is 48.5 Å². The third-order valence-corrected chi connectivity index (χ3v) is 4.82. The van der Waals surface area contributed by atoms with E-state index in [1.165, 1.54) is 22.4 Å². The molecule has 0 amide bonds. The van der Waals surface area contributed by atoms with E-state index in [1.54, 1.807) is 0 Å². The van der Waals surface area contributed by atoms with Crippen molar-refractivity contribution in [1.29, 1.82) is 0 Å². The first kappa shape index (κ1) is 16.1. The predicted octanol–water partition coefficient (Wildman–Crippen LogP) is 4.44. The van der Waals surface area contributed by atoms with Gasteiger partial charge in [0.25, 0.3) is 0 Å². The molecule has 1 heterocycles. The summed E-state index contributed by atoms with van der Waals surface area (Å²) in [4.78, 5) is 5.06. The molecule has 0 radical (unpaired) electrons. The summed E-state index contributed by atoms with van der Waals surface area (Å²) >= 11 is 0. The van der Waals surface area contributed by atoms with E-state index in [0.717, 1.165) is 32.7 Å². The lowest BCUT2D eigenvalue weighted by atomic mass is 10.0. The number of nitrogens with zero attached hydrogens (tertiary/aromatic N) is 2. The lowest BCUT2D eigenvalue weighted by Crippen LogP contribution is -2.45. The van der Waals surface area contributed by atoms with Gasteiger partial charge in [-0.2, -0.15) is 0 Å². The zero-order chi connectivity index (χ0) is 16.2. The maximum atomic E-state index is 2.56. The number of aryl methyl sites for hydroxylation is 1. The highest BCUT2D eigenvalue weighted by Gasteiger charge is 2.17. The molecule has 122 valence electrons. The lowest BCUT2D eigenvalue weighted by Gasteiger charge is -2.36. The Morgan fingerprint density at radius 3 is 2.00 bits per heavy atom. The average Bonchev–Trinajstić information content (AvgIpc) is 2.57. The van der Waals surface area contributed by atoms with Crippen molar-refractivity contribution < 1.29 is 0 Å². The third kappa shape index (κ3) is 4.14. The second-order valence-electron chi connectivity index (χ2n) is 7.00. The third-order valence-electron chi connectivity index (χ3n) is 4.82.